The molecular formula is C14H16BrClFN3O. The van der Waals surface area contributed by atoms with Crippen LogP contribution in [0.5, 0.6) is 0 Å². The molecule has 1 aromatic carbocycles. The molecule has 0 bridgehead atoms. The number of alkyl halides is 1. The Morgan fingerprint density at radius 2 is 2.19 bits per heavy atom. The van der Waals surface area contributed by atoms with E-state index in [1.165, 1.54) is 11.0 Å². The molecule has 0 N–H and O–H groups in total. The maximum absolute atomic E-state index is 13.7. The number of carbonyl (C=O) groups is 1. The van der Waals surface area contributed by atoms with Crippen LogP contribution in [0.4, 0.5) is 4.39 Å². The van der Waals surface area contributed by atoms with E-state index in [9.17, 15) is 9.18 Å². The lowest BCUT2D eigenvalue weighted by Gasteiger charge is -2.20. The van der Waals surface area contributed by atoms with Gasteiger partial charge in [-0.3, -0.25) is 4.79 Å². The molecule has 1 aromatic heterocycles. The van der Waals surface area contributed by atoms with Gasteiger partial charge in [0, 0.05) is 32.5 Å². The number of aryl methyl sites for hydroxylation is 1. The van der Waals surface area contributed by atoms with Crippen LogP contribution < -0.4 is 0 Å². The van der Waals surface area contributed by atoms with Crippen molar-refractivity contribution in [2.75, 3.05) is 20.0 Å². The Labute approximate surface area is 136 Å². The Morgan fingerprint density at radius 1 is 1.52 bits per heavy atom. The zero-order valence-corrected chi connectivity index (χ0v) is 14.4. The predicted octanol–water partition coefficient (Wildman–Crippen LogP) is 3.37. The van der Waals surface area contributed by atoms with E-state index >= 15 is 0 Å². The van der Waals surface area contributed by atoms with Gasteiger partial charge >= 0.3 is 0 Å². The molecule has 1 amide bonds. The third-order valence-corrected chi connectivity index (χ3v) is 4.10. The fourth-order valence-corrected chi connectivity index (χ4v) is 2.82. The van der Waals surface area contributed by atoms with Crippen LogP contribution in [0.15, 0.2) is 16.6 Å². The lowest BCUT2D eigenvalue weighted by atomic mass is 10.2. The van der Waals surface area contributed by atoms with Crippen LogP contribution >= 0.6 is 27.5 Å². The van der Waals surface area contributed by atoms with Gasteiger partial charge in [0.15, 0.2) is 0 Å². The molecule has 0 fully saturated rings. The van der Waals surface area contributed by atoms with Gasteiger partial charge in [-0.15, -0.1) is 11.6 Å². The van der Waals surface area contributed by atoms with Gasteiger partial charge in [-0.25, -0.2) is 9.37 Å². The summed E-state index contributed by atoms with van der Waals surface area (Å²) in [5.74, 6) is 0.637. The Morgan fingerprint density at radius 3 is 2.76 bits per heavy atom. The molecule has 4 nitrogen and oxygen atoms in total. The molecule has 0 saturated heterocycles. The van der Waals surface area contributed by atoms with E-state index in [1.807, 2.05) is 4.57 Å². The first-order valence-electron chi connectivity index (χ1n) is 6.49. The minimum atomic E-state index is -0.430. The topological polar surface area (TPSA) is 38.1 Å². The monoisotopic (exact) mass is 375 g/mol. The molecule has 114 valence electrons. The Balaban J connectivity index is 2.65. The smallest absolute Gasteiger partial charge is 0.244 e. The van der Waals surface area contributed by atoms with E-state index in [2.05, 4.69) is 20.9 Å². The van der Waals surface area contributed by atoms with E-state index in [0.717, 1.165) is 0 Å². The van der Waals surface area contributed by atoms with Gasteiger partial charge in [0.1, 0.15) is 17.7 Å². The van der Waals surface area contributed by atoms with Crippen LogP contribution in [-0.2, 0) is 11.2 Å². The minimum Gasteiger partial charge on any atom is -0.347 e. The van der Waals surface area contributed by atoms with Gasteiger partial charge in [0.2, 0.25) is 5.91 Å². The number of amides is 1. The van der Waals surface area contributed by atoms with Crippen LogP contribution in [0.25, 0.3) is 11.0 Å². The van der Waals surface area contributed by atoms with Crippen LogP contribution in [0.2, 0.25) is 0 Å². The van der Waals surface area contributed by atoms with E-state index in [0.29, 0.717) is 33.6 Å². The predicted molar refractivity (Wildman–Crippen MR) is 85.2 cm³/mol. The second-order valence-electron chi connectivity index (χ2n) is 5.00. The number of fused-ring (bicyclic) bond motifs is 1. The summed E-state index contributed by atoms with van der Waals surface area (Å²) in [6, 6.07) is 2.58. The number of carbonyl (C=O) groups excluding carboxylic acids is 1. The van der Waals surface area contributed by atoms with Crippen molar-refractivity contribution in [3.8, 4) is 0 Å². The molecule has 0 radical (unpaired) electrons. The lowest BCUT2D eigenvalue weighted by Crippen LogP contribution is -2.30. The highest BCUT2D eigenvalue weighted by Gasteiger charge is 2.23. The van der Waals surface area contributed by atoms with Crippen LogP contribution in [0, 0.1) is 5.82 Å². The fourth-order valence-electron chi connectivity index (χ4n) is 2.32. The molecular weight excluding hydrogens is 361 g/mol. The van der Waals surface area contributed by atoms with Crippen LogP contribution in [0.3, 0.4) is 0 Å². The number of hydrogen-bond donors (Lipinski definition) is 0. The normalized spacial score (nSPS) is 12.7. The van der Waals surface area contributed by atoms with E-state index in [4.69, 9.17) is 11.6 Å². The van der Waals surface area contributed by atoms with Crippen molar-refractivity contribution >= 4 is 44.5 Å². The molecule has 2 rings (SSSR count). The minimum absolute atomic E-state index is 0.0504. The average Bonchev–Trinajstić information content (AvgIpc) is 2.75. The van der Waals surface area contributed by atoms with Gasteiger partial charge in [-0.2, -0.15) is 0 Å². The van der Waals surface area contributed by atoms with Crippen molar-refractivity contribution in [2.24, 2.45) is 0 Å². The zero-order valence-electron chi connectivity index (χ0n) is 12.0. The van der Waals surface area contributed by atoms with Crippen molar-refractivity contribution in [3.05, 3.63) is 28.2 Å². The summed E-state index contributed by atoms with van der Waals surface area (Å²) >= 11 is 8.99. The van der Waals surface area contributed by atoms with Crippen LogP contribution in [-0.4, -0.2) is 40.3 Å². The Hall–Kier alpha value is -1.14. The molecule has 0 aliphatic heterocycles. The number of rotatable bonds is 4. The van der Waals surface area contributed by atoms with Gasteiger partial charge in [-0.05, 0) is 28.9 Å². The summed E-state index contributed by atoms with van der Waals surface area (Å²) in [7, 11) is 3.41. The molecule has 21 heavy (non-hydrogen) atoms. The number of hydrogen-bond acceptors (Lipinski definition) is 2. The largest absolute Gasteiger partial charge is 0.347 e. The summed E-state index contributed by atoms with van der Waals surface area (Å²) in [6.45, 7) is 1.80. The SMILES string of the molecule is CC(C(=O)N(C)C)n1c(CCCl)nc2cc(F)c(Br)cc21. The second-order valence-corrected chi connectivity index (χ2v) is 6.23. The second kappa shape index (κ2) is 6.32. The standard InChI is InChI=1S/C14H16BrClFN3O/c1-8(14(21)19(2)3)20-12-6-9(15)10(17)7-11(12)18-13(20)4-5-16/h6-8H,4-5H2,1-3H3. The van der Waals surface area contributed by atoms with Crippen molar-refractivity contribution in [1.82, 2.24) is 14.5 Å². The number of halogens is 3. The highest BCUT2D eigenvalue weighted by Crippen LogP contribution is 2.27. The first kappa shape index (κ1) is 16.2. The fraction of sp³-hybridized carbons (Fsp3) is 0.429. The van der Waals surface area contributed by atoms with Gasteiger partial charge < -0.3 is 9.47 Å². The summed E-state index contributed by atoms with van der Waals surface area (Å²) in [5.41, 5.74) is 1.24. The van der Waals surface area contributed by atoms with Crippen molar-refractivity contribution in [1.29, 1.82) is 0 Å². The highest BCUT2D eigenvalue weighted by molar-refractivity contribution is 9.10. The first-order chi connectivity index (χ1) is 9.86. The van der Waals surface area contributed by atoms with Crippen LogP contribution in [0.1, 0.15) is 18.8 Å². The maximum atomic E-state index is 13.7. The molecule has 7 heteroatoms. The zero-order chi connectivity index (χ0) is 15.7. The van der Waals surface area contributed by atoms with Gasteiger partial charge in [-0.1, -0.05) is 0 Å². The molecule has 0 spiro atoms. The van der Waals surface area contributed by atoms with E-state index in [-0.39, 0.29) is 11.7 Å². The van der Waals surface area contributed by atoms with Crippen molar-refractivity contribution in [2.45, 2.75) is 19.4 Å². The molecule has 1 heterocycles. The van der Waals surface area contributed by atoms with E-state index < -0.39 is 6.04 Å². The Bertz CT molecular complexity index is 686. The lowest BCUT2D eigenvalue weighted by molar-refractivity contribution is -0.131. The maximum Gasteiger partial charge on any atom is 0.244 e. The molecule has 1 atom stereocenters. The van der Waals surface area contributed by atoms with Crippen molar-refractivity contribution < 1.29 is 9.18 Å². The molecule has 1 unspecified atom stereocenters. The molecule has 0 aliphatic rings. The number of aromatic nitrogens is 2. The number of imidazole rings is 1. The Kier molecular flexibility index (Phi) is 4.88. The molecule has 0 aliphatic carbocycles. The summed E-state index contributed by atoms with van der Waals surface area (Å²) < 4.78 is 15.8. The third kappa shape index (κ3) is 3.06. The summed E-state index contributed by atoms with van der Waals surface area (Å²) in [5, 5.41) is 0. The molecule has 0 saturated carbocycles. The average molecular weight is 377 g/mol. The third-order valence-electron chi connectivity index (χ3n) is 3.31. The van der Waals surface area contributed by atoms with E-state index in [1.54, 1.807) is 27.1 Å². The first-order valence-corrected chi connectivity index (χ1v) is 7.82. The number of likely N-dealkylation sites (N-methyl/N-ethyl adjacent to an activating group) is 1. The number of benzene rings is 1. The van der Waals surface area contributed by atoms with Gasteiger partial charge in [0.25, 0.3) is 0 Å². The summed E-state index contributed by atoms with van der Waals surface area (Å²) in [6.07, 6.45) is 0.514. The van der Waals surface area contributed by atoms with Crippen molar-refractivity contribution in [3.63, 3.8) is 0 Å². The summed E-state index contributed by atoms with van der Waals surface area (Å²) in [4.78, 5) is 18.2. The quantitative estimate of drug-likeness (QED) is 0.767. The molecule has 2 aromatic rings. The van der Waals surface area contributed by atoms with Gasteiger partial charge in [0.05, 0.1) is 15.5 Å². The highest BCUT2D eigenvalue weighted by atomic mass is 79.9. The number of nitrogens with zero attached hydrogens (tertiary/aromatic N) is 3.